The number of anilines is 2. The van der Waals surface area contributed by atoms with Crippen LogP contribution in [-0.2, 0) is 6.42 Å². The molecule has 0 radical (unpaired) electrons. The quantitative estimate of drug-likeness (QED) is 0.497. The Morgan fingerprint density at radius 2 is 1.86 bits per heavy atom. The Bertz CT molecular complexity index is 1230. The summed E-state index contributed by atoms with van der Waals surface area (Å²) in [5, 5.41) is 13.4. The standard InChI is InChI=1S/C22H19N5O2/c1-14-4-2-5-15(10-14)11-20-18-8-7-16(12-19(18)21(28)27-26-20)24-22(29)25-17-6-3-9-23-13-17/h2-10,12-13H,11H2,1H3,(H,27,28)(H2,24,25,29). The van der Waals surface area contributed by atoms with Crippen molar-refractivity contribution in [3.05, 3.63) is 94.2 Å². The molecule has 2 aromatic carbocycles. The summed E-state index contributed by atoms with van der Waals surface area (Å²) in [5.41, 5.74) is 3.84. The molecular formula is C22H19N5O2. The molecule has 0 aliphatic heterocycles. The summed E-state index contributed by atoms with van der Waals surface area (Å²) in [6.07, 6.45) is 3.78. The van der Waals surface area contributed by atoms with E-state index in [9.17, 15) is 9.59 Å². The first-order chi connectivity index (χ1) is 14.1. The predicted molar refractivity (Wildman–Crippen MR) is 113 cm³/mol. The molecule has 0 saturated heterocycles. The van der Waals surface area contributed by atoms with Crippen molar-refractivity contribution in [1.82, 2.24) is 15.2 Å². The van der Waals surface area contributed by atoms with E-state index in [1.165, 1.54) is 5.56 Å². The van der Waals surface area contributed by atoms with Gasteiger partial charge in [-0.2, -0.15) is 5.10 Å². The number of H-pyrrole nitrogens is 1. The minimum Gasteiger partial charge on any atom is -0.308 e. The van der Waals surface area contributed by atoms with Gasteiger partial charge in [-0.3, -0.25) is 9.78 Å². The number of carbonyl (C=O) groups is 1. The number of nitrogens with one attached hydrogen (secondary N) is 3. The summed E-state index contributed by atoms with van der Waals surface area (Å²) in [7, 11) is 0. The number of aryl methyl sites for hydroxylation is 1. The van der Waals surface area contributed by atoms with E-state index < -0.39 is 6.03 Å². The summed E-state index contributed by atoms with van der Waals surface area (Å²) < 4.78 is 0. The zero-order chi connectivity index (χ0) is 20.2. The fourth-order valence-electron chi connectivity index (χ4n) is 3.18. The number of carbonyl (C=O) groups excluding carboxylic acids is 1. The van der Waals surface area contributed by atoms with Crippen molar-refractivity contribution in [3.8, 4) is 0 Å². The second-order valence-corrected chi connectivity index (χ2v) is 6.75. The van der Waals surface area contributed by atoms with Crippen LogP contribution >= 0.6 is 0 Å². The maximum atomic E-state index is 12.3. The average molecular weight is 385 g/mol. The molecule has 4 aromatic rings. The molecule has 0 saturated carbocycles. The van der Waals surface area contributed by atoms with E-state index in [0.717, 1.165) is 16.6 Å². The fraction of sp³-hybridized carbons (Fsp3) is 0.0909. The molecule has 0 atom stereocenters. The molecular weight excluding hydrogens is 366 g/mol. The van der Waals surface area contributed by atoms with Crippen molar-refractivity contribution in [2.45, 2.75) is 13.3 Å². The van der Waals surface area contributed by atoms with Crippen molar-refractivity contribution in [2.24, 2.45) is 0 Å². The first-order valence-corrected chi connectivity index (χ1v) is 9.13. The van der Waals surface area contributed by atoms with Crippen molar-refractivity contribution in [2.75, 3.05) is 10.6 Å². The van der Waals surface area contributed by atoms with Crippen LogP contribution in [0.4, 0.5) is 16.2 Å². The van der Waals surface area contributed by atoms with Gasteiger partial charge in [0.25, 0.3) is 5.56 Å². The monoisotopic (exact) mass is 385 g/mol. The largest absolute Gasteiger partial charge is 0.323 e. The van der Waals surface area contributed by atoms with E-state index in [0.29, 0.717) is 23.2 Å². The molecule has 4 rings (SSSR count). The molecule has 29 heavy (non-hydrogen) atoms. The molecule has 0 aliphatic carbocycles. The van der Waals surface area contributed by atoms with Crippen LogP contribution in [0.25, 0.3) is 10.8 Å². The number of amides is 2. The molecule has 0 bridgehead atoms. The first kappa shape index (κ1) is 18.4. The number of pyridine rings is 1. The van der Waals surface area contributed by atoms with Gasteiger partial charge in [-0.25, -0.2) is 9.89 Å². The Balaban J connectivity index is 1.59. The minimum absolute atomic E-state index is 0.302. The smallest absolute Gasteiger partial charge is 0.308 e. The van der Waals surface area contributed by atoms with Crippen LogP contribution in [0.15, 0.2) is 71.8 Å². The van der Waals surface area contributed by atoms with Crippen LogP contribution in [0, 0.1) is 6.92 Å². The minimum atomic E-state index is -0.414. The van der Waals surface area contributed by atoms with Crippen LogP contribution in [0.3, 0.4) is 0 Å². The number of nitrogens with zero attached hydrogens (tertiary/aromatic N) is 2. The zero-order valence-corrected chi connectivity index (χ0v) is 15.8. The number of urea groups is 1. The van der Waals surface area contributed by atoms with Crippen LogP contribution in [-0.4, -0.2) is 21.2 Å². The van der Waals surface area contributed by atoms with Gasteiger partial charge in [0.1, 0.15) is 0 Å². The lowest BCUT2D eigenvalue weighted by Crippen LogP contribution is -2.20. The van der Waals surface area contributed by atoms with E-state index in [1.807, 2.05) is 31.2 Å². The summed E-state index contributed by atoms with van der Waals surface area (Å²) in [6.45, 7) is 2.04. The van der Waals surface area contributed by atoms with Crippen molar-refractivity contribution in [1.29, 1.82) is 0 Å². The molecule has 2 aromatic heterocycles. The van der Waals surface area contributed by atoms with Crippen molar-refractivity contribution < 1.29 is 4.79 Å². The zero-order valence-electron chi connectivity index (χ0n) is 15.8. The van der Waals surface area contributed by atoms with E-state index >= 15 is 0 Å². The molecule has 0 spiro atoms. The second-order valence-electron chi connectivity index (χ2n) is 6.75. The second kappa shape index (κ2) is 7.93. The number of hydrogen-bond donors (Lipinski definition) is 3. The summed E-state index contributed by atoms with van der Waals surface area (Å²) in [4.78, 5) is 28.5. The maximum Gasteiger partial charge on any atom is 0.323 e. The van der Waals surface area contributed by atoms with Crippen LogP contribution in [0.5, 0.6) is 0 Å². The van der Waals surface area contributed by atoms with Gasteiger partial charge >= 0.3 is 6.03 Å². The molecule has 2 heterocycles. The van der Waals surface area contributed by atoms with Crippen LogP contribution < -0.4 is 16.2 Å². The number of rotatable bonds is 4. The van der Waals surface area contributed by atoms with Crippen molar-refractivity contribution >= 4 is 28.2 Å². The van der Waals surface area contributed by atoms with Gasteiger partial charge < -0.3 is 10.6 Å². The van der Waals surface area contributed by atoms with Gasteiger partial charge in [0, 0.05) is 23.7 Å². The topological polar surface area (TPSA) is 99.8 Å². The third kappa shape index (κ3) is 4.30. The summed E-state index contributed by atoms with van der Waals surface area (Å²) >= 11 is 0. The normalized spacial score (nSPS) is 10.7. The highest BCUT2D eigenvalue weighted by Crippen LogP contribution is 2.21. The third-order valence-corrected chi connectivity index (χ3v) is 4.50. The molecule has 0 unspecified atom stereocenters. The molecule has 0 aliphatic rings. The fourth-order valence-corrected chi connectivity index (χ4v) is 3.18. The molecule has 2 amide bonds. The Morgan fingerprint density at radius 3 is 2.66 bits per heavy atom. The lowest BCUT2D eigenvalue weighted by atomic mass is 10.0. The number of aromatic nitrogens is 3. The maximum absolute atomic E-state index is 12.3. The highest BCUT2D eigenvalue weighted by atomic mass is 16.2. The van der Waals surface area contributed by atoms with E-state index in [-0.39, 0.29) is 5.56 Å². The van der Waals surface area contributed by atoms with E-state index in [1.54, 1.807) is 36.7 Å². The number of hydrogen-bond acceptors (Lipinski definition) is 4. The number of aromatic amines is 1. The lowest BCUT2D eigenvalue weighted by Gasteiger charge is -2.10. The molecule has 7 heteroatoms. The summed E-state index contributed by atoms with van der Waals surface area (Å²) in [5.74, 6) is 0. The number of fused-ring (bicyclic) bond motifs is 1. The number of benzene rings is 2. The van der Waals surface area contributed by atoms with Crippen molar-refractivity contribution in [3.63, 3.8) is 0 Å². The van der Waals surface area contributed by atoms with Crippen LogP contribution in [0.2, 0.25) is 0 Å². The average Bonchev–Trinajstić information content (AvgIpc) is 2.71. The van der Waals surface area contributed by atoms with E-state index in [4.69, 9.17) is 0 Å². The molecule has 0 fully saturated rings. The molecule has 144 valence electrons. The molecule has 3 N–H and O–H groups in total. The van der Waals surface area contributed by atoms with Gasteiger partial charge in [-0.15, -0.1) is 0 Å². The van der Waals surface area contributed by atoms with Gasteiger partial charge in [0.2, 0.25) is 0 Å². The van der Waals surface area contributed by atoms with Gasteiger partial charge in [0.15, 0.2) is 0 Å². The van der Waals surface area contributed by atoms with Gasteiger partial charge in [-0.1, -0.05) is 35.9 Å². The lowest BCUT2D eigenvalue weighted by molar-refractivity contribution is 0.262. The Hall–Kier alpha value is -4.00. The Labute approximate surface area is 166 Å². The van der Waals surface area contributed by atoms with Gasteiger partial charge in [-0.05, 0) is 36.8 Å². The van der Waals surface area contributed by atoms with Gasteiger partial charge in [0.05, 0.1) is 23.0 Å². The highest BCUT2D eigenvalue weighted by Gasteiger charge is 2.10. The Kier molecular flexibility index (Phi) is 5.03. The third-order valence-electron chi connectivity index (χ3n) is 4.50. The highest BCUT2D eigenvalue weighted by molar-refractivity contribution is 6.01. The first-order valence-electron chi connectivity index (χ1n) is 9.13. The summed E-state index contributed by atoms with van der Waals surface area (Å²) in [6, 6.07) is 16.4. The molecule has 7 nitrogen and oxygen atoms in total. The Morgan fingerprint density at radius 1 is 1.00 bits per heavy atom. The van der Waals surface area contributed by atoms with E-state index in [2.05, 4.69) is 31.9 Å². The predicted octanol–water partition coefficient (Wildman–Crippen LogP) is 3.86. The van der Waals surface area contributed by atoms with Crippen LogP contribution in [0.1, 0.15) is 16.8 Å². The SMILES string of the molecule is Cc1cccc(Cc2n[nH]c(=O)c3cc(NC(=O)Nc4cccnc4)ccc23)c1.